The van der Waals surface area contributed by atoms with E-state index < -0.39 is 10.0 Å². The van der Waals surface area contributed by atoms with Gasteiger partial charge in [0.25, 0.3) is 10.0 Å². The highest BCUT2D eigenvalue weighted by Gasteiger charge is 2.19. The van der Waals surface area contributed by atoms with Gasteiger partial charge in [0.2, 0.25) is 0 Å². The molecule has 0 aliphatic carbocycles. The van der Waals surface area contributed by atoms with Crippen LogP contribution in [-0.4, -0.2) is 13.4 Å². The summed E-state index contributed by atoms with van der Waals surface area (Å²) < 4.78 is 26.8. The quantitative estimate of drug-likeness (QED) is 0.852. The van der Waals surface area contributed by atoms with Crippen molar-refractivity contribution in [1.82, 2.24) is 4.98 Å². The first-order valence-electron chi connectivity index (χ1n) is 5.31. The van der Waals surface area contributed by atoms with E-state index in [1.807, 2.05) is 13.8 Å². The molecule has 19 heavy (non-hydrogen) atoms. The number of nitrogens with two attached hydrogens (primary N) is 1. The Morgan fingerprint density at radius 1 is 1.37 bits per heavy atom. The lowest BCUT2D eigenvalue weighted by molar-refractivity contribution is 0.601. The summed E-state index contributed by atoms with van der Waals surface area (Å²) in [7, 11) is -3.75. The Hall–Kier alpha value is -1.31. The standard InChI is InChI=1S/C11H12ClN3O2S2/c1-6-7(2)18-11(14-6)15-19(16,17)10-4-3-8(12)5-9(10)13/h3-5H,13H2,1-2H3,(H,14,15). The van der Waals surface area contributed by atoms with Crippen LogP contribution in [0.3, 0.4) is 0 Å². The fraction of sp³-hybridized carbons (Fsp3) is 0.182. The number of hydrogen-bond acceptors (Lipinski definition) is 5. The topological polar surface area (TPSA) is 85.1 Å². The van der Waals surface area contributed by atoms with E-state index in [1.54, 1.807) is 0 Å². The molecule has 0 saturated heterocycles. The highest BCUT2D eigenvalue weighted by atomic mass is 35.5. The molecule has 2 aromatic rings. The summed E-state index contributed by atoms with van der Waals surface area (Å²) >= 11 is 7.02. The number of sulfonamides is 1. The smallest absolute Gasteiger partial charge is 0.265 e. The molecule has 0 aliphatic heterocycles. The van der Waals surface area contributed by atoms with Gasteiger partial charge in [0, 0.05) is 9.90 Å². The number of anilines is 2. The van der Waals surface area contributed by atoms with Crippen molar-refractivity contribution in [3.63, 3.8) is 0 Å². The first-order valence-corrected chi connectivity index (χ1v) is 7.99. The van der Waals surface area contributed by atoms with Gasteiger partial charge in [0.05, 0.1) is 11.4 Å². The summed E-state index contributed by atoms with van der Waals surface area (Å²) in [5.74, 6) is 0. The maximum absolute atomic E-state index is 12.2. The van der Waals surface area contributed by atoms with Crippen molar-refractivity contribution >= 4 is 43.8 Å². The van der Waals surface area contributed by atoms with E-state index in [2.05, 4.69) is 9.71 Å². The molecular formula is C11H12ClN3O2S2. The van der Waals surface area contributed by atoms with Crippen molar-refractivity contribution in [1.29, 1.82) is 0 Å². The number of nitrogens with zero attached hydrogens (tertiary/aromatic N) is 1. The number of aromatic nitrogens is 1. The highest BCUT2D eigenvalue weighted by Crippen LogP contribution is 2.27. The number of rotatable bonds is 3. The van der Waals surface area contributed by atoms with Crippen LogP contribution < -0.4 is 10.5 Å². The Labute approximate surface area is 120 Å². The zero-order valence-electron chi connectivity index (χ0n) is 10.3. The van der Waals surface area contributed by atoms with Crippen LogP contribution in [0, 0.1) is 13.8 Å². The molecule has 0 unspecified atom stereocenters. The Kier molecular flexibility index (Phi) is 3.71. The van der Waals surface area contributed by atoms with Crippen molar-refractivity contribution < 1.29 is 8.42 Å². The predicted octanol–water partition coefficient (Wildman–Crippen LogP) is 2.80. The Bertz CT molecular complexity index is 706. The first-order chi connectivity index (χ1) is 8.79. The Morgan fingerprint density at radius 2 is 2.05 bits per heavy atom. The molecule has 0 atom stereocenters. The summed E-state index contributed by atoms with van der Waals surface area (Å²) in [4.78, 5) is 5.08. The molecule has 5 nitrogen and oxygen atoms in total. The molecular weight excluding hydrogens is 306 g/mol. The summed E-state index contributed by atoms with van der Waals surface area (Å²) in [5, 5.41) is 0.710. The van der Waals surface area contributed by atoms with Gasteiger partial charge in [-0.3, -0.25) is 4.72 Å². The predicted molar refractivity (Wildman–Crippen MR) is 78.3 cm³/mol. The van der Waals surface area contributed by atoms with E-state index in [9.17, 15) is 8.42 Å². The van der Waals surface area contributed by atoms with Gasteiger partial charge in [-0.05, 0) is 32.0 Å². The van der Waals surface area contributed by atoms with Crippen LogP contribution in [0.1, 0.15) is 10.6 Å². The molecule has 0 amide bonds. The second-order valence-corrected chi connectivity index (χ2v) is 7.24. The van der Waals surface area contributed by atoms with Gasteiger partial charge in [0.15, 0.2) is 5.13 Å². The summed E-state index contributed by atoms with van der Waals surface area (Å²) in [6.07, 6.45) is 0. The molecule has 0 spiro atoms. The fourth-order valence-electron chi connectivity index (χ4n) is 1.45. The number of halogens is 1. The minimum atomic E-state index is -3.75. The molecule has 1 aromatic carbocycles. The van der Waals surface area contributed by atoms with Gasteiger partial charge in [0.1, 0.15) is 4.90 Å². The van der Waals surface area contributed by atoms with E-state index in [4.69, 9.17) is 17.3 Å². The zero-order valence-corrected chi connectivity index (χ0v) is 12.7. The van der Waals surface area contributed by atoms with Crippen molar-refractivity contribution in [2.75, 3.05) is 10.5 Å². The first kappa shape index (κ1) is 14.1. The average Bonchev–Trinajstić information content (AvgIpc) is 2.56. The maximum atomic E-state index is 12.2. The van der Waals surface area contributed by atoms with Crippen LogP contribution in [0.5, 0.6) is 0 Å². The van der Waals surface area contributed by atoms with Crippen LogP contribution in [0.25, 0.3) is 0 Å². The Balaban J connectivity index is 2.37. The average molecular weight is 318 g/mol. The van der Waals surface area contributed by atoms with E-state index in [0.717, 1.165) is 10.6 Å². The van der Waals surface area contributed by atoms with Crippen LogP contribution in [0.2, 0.25) is 5.02 Å². The van der Waals surface area contributed by atoms with Gasteiger partial charge in [-0.1, -0.05) is 11.6 Å². The molecule has 0 radical (unpaired) electrons. The molecule has 0 bridgehead atoms. The van der Waals surface area contributed by atoms with Gasteiger partial charge in [-0.25, -0.2) is 13.4 Å². The molecule has 102 valence electrons. The Morgan fingerprint density at radius 3 is 2.58 bits per heavy atom. The summed E-state index contributed by atoms with van der Waals surface area (Å²) in [6.45, 7) is 3.70. The van der Waals surface area contributed by atoms with Crippen LogP contribution in [0.4, 0.5) is 10.8 Å². The van der Waals surface area contributed by atoms with Crippen molar-refractivity contribution in [3.05, 3.63) is 33.8 Å². The number of nitrogens with one attached hydrogen (secondary N) is 1. The minimum absolute atomic E-state index is 0.0117. The van der Waals surface area contributed by atoms with E-state index >= 15 is 0 Å². The van der Waals surface area contributed by atoms with E-state index in [0.29, 0.717) is 10.2 Å². The van der Waals surface area contributed by atoms with Gasteiger partial charge >= 0.3 is 0 Å². The molecule has 2 rings (SSSR count). The minimum Gasteiger partial charge on any atom is -0.398 e. The van der Waals surface area contributed by atoms with Gasteiger partial charge in [-0.15, -0.1) is 11.3 Å². The third kappa shape index (κ3) is 2.99. The molecule has 8 heteroatoms. The largest absolute Gasteiger partial charge is 0.398 e. The second-order valence-electron chi connectivity index (χ2n) is 3.95. The molecule has 0 fully saturated rings. The molecule has 0 saturated carbocycles. The van der Waals surface area contributed by atoms with E-state index in [1.165, 1.54) is 29.5 Å². The lowest BCUT2D eigenvalue weighted by atomic mass is 10.3. The van der Waals surface area contributed by atoms with Crippen molar-refractivity contribution in [2.24, 2.45) is 0 Å². The third-order valence-corrected chi connectivity index (χ3v) is 5.28. The zero-order chi connectivity index (χ0) is 14.2. The highest BCUT2D eigenvalue weighted by molar-refractivity contribution is 7.93. The number of thiazole rings is 1. The SMILES string of the molecule is Cc1nc(NS(=O)(=O)c2ccc(Cl)cc2N)sc1C. The molecule has 3 N–H and O–H groups in total. The van der Waals surface area contributed by atoms with Crippen molar-refractivity contribution in [2.45, 2.75) is 18.7 Å². The monoisotopic (exact) mass is 317 g/mol. The normalized spacial score (nSPS) is 11.5. The number of aryl methyl sites for hydroxylation is 2. The van der Waals surface area contributed by atoms with Crippen LogP contribution >= 0.6 is 22.9 Å². The lowest BCUT2D eigenvalue weighted by Crippen LogP contribution is -2.14. The molecule has 1 heterocycles. The second kappa shape index (κ2) is 4.99. The fourth-order valence-corrected chi connectivity index (χ4v) is 3.79. The summed E-state index contributed by atoms with van der Waals surface area (Å²) in [6, 6.07) is 4.24. The van der Waals surface area contributed by atoms with Gasteiger partial charge in [-0.2, -0.15) is 0 Å². The number of benzene rings is 1. The summed E-state index contributed by atoms with van der Waals surface area (Å²) in [5.41, 5.74) is 6.58. The van der Waals surface area contributed by atoms with E-state index in [-0.39, 0.29) is 10.6 Å². The van der Waals surface area contributed by atoms with Crippen molar-refractivity contribution in [3.8, 4) is 0 Å². The maximum Gasteiger partial charge on any atom is 0.265 e. The number of nitrogen functional groups attached to an aromatic ring is 1. The third-order valence-electron chi connectivity index (χ3n) is 2.51. The van der Waals surface area contributed by atoms with Crippen LogP contribution in [-0.2, 0) is 10.0 Å². The number of hydrogen-bond donors (Lipinski definition) is 2. The molecule has 1 aromatic heterocycles. The van der Waals surface area contributed by atoms with Crippen LogP contribution in [0.15, 0.2) is 23.1 Å². The lowest BCUT2D eigenvalue weighted by Gasteiger charge is -2.08. The molecule has 0 aliphatic rings. The van der Waals surface area contributed by atoms with Gasteiger partial charge < -0.3 is 5.73 Å².